The van der Waals surface area contributed by atoms with Crippen LogP contribution < -0.4 is 5.73 Å². The molecule has 0 amide bonds. The van der Waals surface area contributed by atoms with Crippen molar-refractivity contribution in [2.75, 3.05) is 0 Å². The molecule has 21 heavy (non-hydrogen) atoms. The lowest BCUT2D eigenvalue weighted by atomic mass is 9.99. The number of hydrogen-bond donors (Lipinski definition) is 1. The highest BCUT2D eigenvalue weighted by Gasteiger charge is 2.22. The minimum Gasteiger partial charge on any atom is -0.323 e. The quantitative estimate of drug-likeness (QED) is 0.738. The molecule has 0 radical (unpaired) electrons. The number of hydrogen-bond acceptors (Lipinski definition) is 4. The zero-order valence-corrected chi connectivity index (χ0v) is 12.8. The van der Waals surface area contributed by atoms with E-state index in [0.29, 0.717) is 0 Å². The molecule has 0 fully saturated rings. The summed E-state index contributed by atoms with van der Waals surface area (Å²) in [6, 6.07) is 10.5. The van der Waals surface area contributed by atoms with Crippen LogP contribution in [0.25, 0.3) is 21.6 Å². The van der Waals surface area contributed by atoms with Crippen molar-refractivity contribution >= 4 is 22.2 Å². The van der Waals surface area contributed by atoms with Gasteiger partial charge in [-0.05, 0) is 43.9 Å². The van der Waals surface area contributed by atoms with Crippen molar-refractivity contribution in [1.29, 1.82) is 0 Å². The van der Waals surface area contributed by atoms with Crippen LogP contribution in [0.1, 0.15) is 35.0 Å². The highest BCUT2D eigenvalue weighted by molar-refractivity contribution is 7.15. The van der Waals surface area contributed by atoms with E-state index in [1.165, 1.54) is 21.5 Å². The molecule has 3 nitrogen and oxygen atoms in total. The van der Waals surface area contributed by atoms with Gasteiger partial charge < -0.3 is 5.73 Å². The second-order valence-electron chi connectivity index (χ2n) is 5.67. The smallest absolute Gasteiger partial charge is 0.142 e. The zero-order valence-electron chi connectivity index (χ0n) is 12.0. The molecule has 1 unspecified atom stereocenters. The summed E-state index contributed by atoms with van der Waals surface area (Å²) in [6.45, 7) is 2.13. The molecule has 4 rings (SSSR count). The average Bonchev–Trinajstić information content (AvgIpc) is 2.93. The molecule has 1 aliphatic rings. The van der Waals surface area contributed by atoms with Gasteiger partial charge >= 0.3 is 0 Å². The molecule has 1 aliphatic carbocycles. The third-order valence-electron chi connectivity index (χ3n) is 4.14. The van der Waals surface area contributed by atoms with Crippen molar-refractivity contribution in [2.24, 2.45) is 5.73 Å². The maximum Gasteiger partial charge on any atom is 0.142 e. The number of fused-ring (bicyclic) bond motifs is 2. The van der Waals surface area contributed by atoms with Crippen LogP contribution in [0.4, 0.5) is 0 Å². The van der Waals surface area contributed by atoms with Crippen LogP contribution in [0.15, 0.2) is 30.3 Å². The van der Waals surface area contributed by atoms with Gasteiger partial charge in [0, 0.05) is 16.3 Å². The largest absolute Gasteiger partial charge is 0.323 e. The van der Waals surface area contributed by atoms with Gasteiger partial charge in [-0.25, -0.2) is 9.97 Å². The minimum absolute atomic E-state index is 0.154. The predicted molar refractivity (Wildman–Crippen MR) is 87.5 cm³/mol. The van der Waals surface area contributed by atoms with Crippen molar-refractivity contribution in [3.05, 3.63) is 46.5 Å². The van der Waals surface area contributed by atoms with Gasteiger partial charge in [0.2, 0.25) is 0 Å². The molecular weight excluding hydrogens is 278 g/mol. The van der Waals surface area contributed by atoms with Crippen LogP contribution >= 0.6 is 11.3 Å². The first-order chi connectivity index (χ1) is 10.2. The van der Waals surface area contributed by atoms with Gasteiger partial charge in [0.15, 0.2) is 0 Å². The van der Waals surface area contributed by atoms with E-state index in [1.807, 2.05) is 6.07 Å². The monoisotopic (exact) mass is 295 g/mol. The van der Waals surface area contributed by atoms with Crippen LogP contribution in [0.3, 0.4) is 0 Å². The van der Waals surface area contributed by atoms with Gasteiger partial charge in [0.05, 0.1) is 16.9 Å². The molecule has 1 atom stereocenters. The normalized spacial score (nSPS) is 17.9. The molecule has 0 aliphatic heterocycles. The molecule has 1 aromatic carbocycles. The fraction of sp³-hybridized carbons (Fsp3) is 0.294. The highest BCUT2D eigenvalue weighted by atomic mass is 32.1. The topological polar surface area (TPSA) is 51.8 Å². The number of thiazole rings is 1. The average molecular weight is 295 g/mol. The minimum atomic E-state index is 0.154. The molecular formula is C17H17N3S. The Balaban J connectivity index is 1.87. The fourth-order valence-corrected chi connectivity index (χ4v) is 4.13. The SMILES string of the molecule is Cc1cc(-c2nc3c(s2)C(N)CCC3)nc2ccccc12. The first kappa shape index (κ1) is 12.9. The number of nitrogens with two attached hydrogens (primary N) is 1. The Hall–Kier alpha value is -1.78. The molecule has 0 spiro atoms. The van der Waals surface area contributed by atoms with E-state index in [-0.39, 0.29) is 6.04 Å². The van der Waals surface area contributed by atoms with Gasteiger partial charge in [-0.3, -0.25) is 0 Å². The van der Waals surface area contributed by atoms with Crippen molar-refractivity contribution < 1.29 is 0 Å². The van der Waals surface area contributed by atoms with Gasteiger partial charge in [-0.15, -0.1) is 11.3 Å². The number of pyridine rings is 1. The van der Waals surface area contributed by atoms with Crippen LogP contribution in [-0.2, 0) is 6.42 Å². The second-order valence-corrected chi connectivity index (χ2v) is 6.70. The van der Waals surface area contributed by atoms with E-state index in [4.69, 9.17) is 15.7 Å². The number of nitrogens with zero attached hydrogens (tertiary/aromatic N) is 2. The van der Waals surface area contributed by atoms with E-state index in [9.17, 15) is 0 Å². The summed E-state index contributed by atoms with van der Waals surface area (Å²) in [4.78, 5) is 10.8. The van der Waals surface area contributed by atoms with E-state index >= 15 is 0 Å². The Morgan fingerprint density at radius 2 is 2.10 bits per heavy atom. The van der Waals surface area contributed by atoms with Crippen LogP contribution in [0.5, 0.6) is 0 Å². The van der Waals surface area contributed by atoms with Gasteiger partial charge in [-0.2, -0.15) is 0 Å². The van der Waals surface area contributed by atoms with Gasteiger partial charge in [0.25, 0.3) is 0 Å². The molecule has 0 saturated heterocycles. The molecule has 4 heteroatoms. The summed E-state index contributed by atoms with van der Waals surface area (Å²) in [5, 5.41) is 2.21. The maximum atomic E-state index is 6.21. The molecule has 3 aromatic rings. The summed E-state index contributed by atoms with van der Waals surface area (Å²) in [6.07, 6.45) is 3.26. The van der Waals surface area contributed by atoms with Crippen molar-refractivity contribution in [3.8, 4) is 10.7 Å². The number of rotatable bonds is 1. The standard InChI is InChI=1S/C17H17N3S/c1-10-9-15(19-13-7-3-2-5-11(10)13)17-20-14-8-4-6-12(18)16(14)21-17/h2-3,5,7,9,12H,4,6,8,18H2,1H3. The number of aryl methyl sites for hydroxylation is 2. The van der Waals surface area contributed by atoms with Gasteiger partial charge in [-0.1, -0.05) is 18.2 Å². The Morgan fingerprint density at radius 3 is 2.95 bits per heavy atom. The van der Waals surface area contributed by atoms with Crippen LogP contribution in [0.2, 0.25) is 0 Å². The second kappa shape index (κ2) is 4.90. The lowest BCUT2D eigenvalue weighted by Gasteiger charge is -2.15. The van der Waals surface area contributed by atoms with Crippen molar-refractivity contribution in [3.63, 3.8) is 0 Å². The Bertz CT molecular complexity index is 822. The predicted octanol–water partition coefficient (Wildman–Crippen LogP) is 4.00. The third-order valence-corrected chi connectivity index (χ3v) is 5.39. The van der Waals surface area contributed by atoms with Crippen LogP contribution in [-0.4, -0.2) is 9.97 Å². The molecule has 106 valence electrons. The fourth-order valence-electron chi connectivity index (χ4n) is 3.02. The van der Waals surface area contributed by atoms with E-state index in [1.54, 1.807) is 11.3 Å². The summed E-state index contributed by atoms with van der Waals surface area (Å²) in [5.41, 5.74) is 10.6. The van der Waals surface area contributed by atoms with E-state index in [2.05, 4.69) is 31.2 Å². The highest BCUT2D eigenvalue weighted by Crippen LogP contribution is 2.37. The van der Waals surface area contributed by atoms with Crippen molar-refractivity contribution in [2.45, 2.75) is 32.2 Å². The number of benzene rings is 1. The Morgan fingerprint density at radius 1 is 1.24 bits per heavy atom. The molecule has 2 aromatic heterocycles. The number of para-hydroxylation sites is 1. The van der Waals surface area contributed by atoms with E-state index < -0.39 is 0 Å². The zero-order chi connectivity index (χ0) is 14.4. The maximum absolute atomic E-state index is 6.21. The third kappa shape index (κ3) is 2.15. The molecule has 2 N–H and O–H groups in total. The number of aromatic nitrogens is 2. The lowest BCUT2D eigenvalue weighted by Crippen LogP contribution is -2.15. The van der Waals surface area contributed by atoms with Gasteiger partial charge in [0.1, 0.15) is 5.01 Å². The Labute approximate surface area is 127 Å². The summed E-state index contributed by atoms with van der Waals surface area (Å²) in [7, 11) is 0. The van der Waals surface area contributed by atoms with Crippen LogP contribution in [0, 0.1) is 6.92 Å². The summed E-state index contributed by atoms with van der Waals surface area (Å²) in [5.74, 6) is 0. The Kier molecular flexibility index (Phi) is 3.01. The first-order valence-corrected chi connectivity index (χ1v) is 8.16. The summed E-state index contributed by atoms with van der Waals surface area (Å²) < 4.78 is 0. The van der Waals surface area contributed by atoms with E-state index in [0.717, 1.165) is 35.5 Å². The molecule has 2 heterocycles. The van der Waals surface area contributed by atoms with Crippen molar-refractivity contribution in [1.82, 2.24) is 9.97 Å². The first-order valence-electron chi connectivity index (χ1n) is 7.34. The molecule has 0 bridgehead atoms. The lowest BCUT2D eigenvalue weighted by molar-refractivity contribution is 0.573. The summed E-state index contributed by atoms with van der Waals surface area (Å²) >= 11 is 1.72. The molecule has 0 saturated carbocycles.